The number of rotatable bonds is 3. The molecular formula is C18H27NO2. The van der Waals surface area contributed by atoms with Crippen molar-refractivity contribution in [2.45, 2.75) is 52.1 Å². The number of fused-ring (bicyclic) bond motifs is 1. The van der Waals surface area contributed by atoms with Gasteiger partial charge in [-0.3, -0.25) is 0 Å². The lowest BCUT2D eigenvalue weighted by molar-refractivity contribution is -0.0236. The largest absolute Gasteiger partial charge is 0.493 e. The van der Waals surface area contributed by atoms with Crippen LogP contribution in [0.4, 0.5) is 0 Å². The molecule has 116 valence electrons. The zero-order valence-electron chi connectivity index (χ0n) is 13.2. The Morgan fingerprint density at radius 2 is 1.95 bits per heavy atom. The van der Waals surface area contributed by atoms with Crippen molar-refractivity contribution in [3.63, 3.8) is 0 Å². The highest BCUT2D eigenvalue weighted by Crippen LogP contribution is 2.51. The fraction of sp³-hybridized carbons (Fsp3) is 0.667. The van der Waals surface area contributed by atoms with E-state index in [9.17, 15) is 5.11 Å². The molecule has 1 aromatic rings. The highest BCUT2D eigenvalue weighted by molar-refractivity contribution is 5.41. The molecule has 1 heterocycles. The first-order valence-corrected chi connectivity index (χ1v) is 8.10. The van der Waals surface area contributed by atoms with E-state index in [2.05, 4.69) is 19.9 Å². The van der Waals surface area contributed by atoms with E-state index >= 15 is 0 Å². The third-order valence-electron chi connectivity index (χ3n) is 5.62. The quantitative estimate of drug-likeness (QED) is 0.898. The standard InChI is InChI=1S/C18H27NO2/c1-17(2)6-8-18(12-19,9-7-17)16(20)14-3-4-15-13(11-14)5-10-21-15/h3-4,11,16,20H,5-10,12,19H2,1-2H3. The van der Waals surface area contributed by atoms with Crippen LogP contribution in [0.15, 0.2) is 18.2 Å². The van der Waals surface area contributed by atoms with Crippen LogP contribution < -0.4 is 10.5 Å². The van der Waals surface area contributed by atoms with Crippen LogP contribution in [0.25, 0.3) is 0 Å². The van der Waals surface area contributed by atoms with Crippen molar-refractivity contribution in [2.75, 3.05) is 13.2 Å². The fourth-order valence-electron chi connectivity index (χ4n) is 3.74. The van der Waals surface area contributed by atoms with Crippen LogP contribution in [0.3, 0.4) is 0 Å². The summed E-state index contributed by atoms with van der Waals surface area (Å²) in [5, 5.41) is 11.0. The summed E-state index contributed by atoms with van der Waals surface area (Å²) < 4.78 is 5.55. The van der Waals surface area contributed by atoms with Crippen molar-refractivity contribution in [3.05, 3.63) is 29.3 Å². The van der Waals surface area contributed by atoms with E-state index in [0.29, 0.717) is 12.0 Å². The Bertz CT molecular complexity index is 514. The molecule has 0 bridgehead atoms. The summed E-state index contributed by atoms with van der Waals surface area (Å²) in [5.41, 5.74) is 8.53. The molecule has 0 amide bonds. The highest BCUT2D eigenvalue weighted by atomic mass is 16.5. The fourth-order valence-corrected chi connectivity index (χ4v) is 3.74. The number of ether oxygens (including phenoxy) is 1. The number of nitrogens with two attached hydrogens (primary N) is 1. The van der Waals surface area contributed by atoms with Crippen molar-refractivity contribution < 1.29 is 9.84 Å². The maximum atomic E-state index is 11.0. The van der Waals surface area contributed by atoms with Gasteiger partial charge in [0.25, 0.3) is 0 Å². The van der Waals surface area contributed by atoms with Gasteiger partial charge < -0.3 is 15.6 Å². The normalized spacial score (nSPS) is 24.2. The minimum absolute atomic E-state index is 0.163. The summed E-state index contributed by atoms with van der Waals surface area (Å²) in [6.07, 6.45) is 4.75. The average molecular weight is 289 g/mol. The molecule has 21 heavy (non-hydrogen) atoms. The molecule has 1 fully saturated rings. The van der Waals surface area contributed by atoms with Gasteiger partial charge in [0.15, 0.2) is 0 Å². The van der Waals surface area contributed by atoms with Gasteiger partial charge in [0.05, 0.1) is 12.7 Å². The number of hydrogen-bond donors (Lipinski definition) is 2. The molecule has 0 aromatic heterocycles. The summed E-state index contributed by atoms with van der Waals surface area (Å²) in [6, 6.07) is 6.12. The maximum Gasteiger partial charge on any atom is 0.122 e. The summed E-state index contributed by atoms with van der Waals surface area (Å²) in [7, 11) is 0. The smallest absolute Gasteiger partial charge is 0.122 e. The zero-order valence-corrected chi connectivity index (χ0v) is 13.2. The highest BCUT2D eigenvalue weighted by Gasteiger charge is 2.43. The van der Waals surface area contributed by atoms with Gasteiger partial charge in [-0.2, -0.15) is 0 Å². The molecule has 2 aliphatic rings. The summed E-state index contributed by atoms with van der Waals surface area (Å²) >= 11 is 0. The van der Waals surface area contributed by atoms with E-state index in [-0.39, 0.29) is 5.41 Å². The second-order valence-electron chi connectivity index (χ2n) is 7.60. The summed E-state index contributed by atoms with van der Waals surface area (Å²) in [6.45, 7) is 5.93. The molecule has 0 saturated heterocycles. The van der Waals surface area contributed by atoms with Gasteiger partial charge in [-0.1, -0.05) is 19.9 Å². The maximum absolute atomic E-state index is 11.0. The van der Waals surface area contributed by atoms with Crippen LogP contribution in [0.1, 0.15) is 56.8 Å². The number of hydrogen-bond acceptors (Lipinski definition) is 3. The van der Waals surface area contributed by atoms with Crippen LogP contribution in [-0.2, 0) is 6.42 Å². The molecule has 3 N–H and O–H groups in total. The van der Waals surface area contributed by atoms with E-state index < -0.39 is 6.10 Å². The molecule has 0 spiro atoms. The second kappa shape index (κ2) is 5.29. The van der Waals surface area contributed by atoms with Crippen LogP contribution in [0, 0.1) is 10.8 Å². The SMILES string of the molecule is CC1(C)CCC(CN)(C(O)c2ccc3c(c2)CCO3)CC1. The van der Waals surface area contributed by atoms with Gasteiger partial charge in [0, 0.05) is 18.4 Å². The van der Waals surface area contributed by atoms with Gasteiger partial charge in [0.2, 0.25) is 0 Å². The lowest BCUT2D eigenvalue weighted by Gasteiger charge is -2.46. The van der Waals surface area contributed by atoms with Crippen molar-refractivity contribution in [2.24, 2.45) is 16.6 Å². The van der Waals surface area contributed by atoms with Crippen LogP contribution in [0.5, 0.6) is 5.75 Å². The van der Waals surface area contributed by atoms with E-state index in [1.165, 1.54) is 5.56 Å². The van der Waals surface area contributed by atoms with Crippen molar-refractivity contribution >= 4 is 0 Å². The van der Waals surface area contributed by atoms with E-state index in [1.54, 1.807) is 0 Å². The molecule has 1 saturated carbocycles. The minimum Gasteiger partial charge on any atom is -0.493 e. The molecule has 1 aromatic carbocycles. The molecule has 3 heteroatoms. The Morgan fingerprint density at radius 1 is 1.24 bits per heavy atom. The topological polar surface area (TPSA) is 55.5 Å². The van der Waals surface area contributed by atoms with Crippen LogP contribution in [0.2, 0.25) is 0 Å². The number of aliphatic hydroxyl groups excluding tert-OH is 1. The molecule has 1 unspecified atom stereocenters. The lowest BCUT2D eigenvalue weighted by Crippen LogP contribution is -2.41. The second-order valence-corrected chi connectivity index (χ2v) is 7.60. The minimum atomic E-state index is -0.468. The van der Waals surface area contributed by atoms with Crippen molar-refractivity contribution in [1.29, 1.82) is 0 Å². The number of benzene rings is 1. The van der Waals surface area contributed by atoms with Gasteiger partial charge in [-0.05, 0) is 54.4 Å². The Kier molecular flexibility index (Phi) is 3.74. The third kappa shape index (κ3) is 2.69. The monoisotopic (exact) mass is 289 g/mol. The third-order valence-corrected chi connectivity index (χ3v) is 5.62. The predicted octanol–water partition coefficient (Wildman–Crippen LogP) is 3.20. The van der Waals surface area contributed by atoms with Crippen molar-refractivity contribution in [3.8, 4) is 5.75 Å². The van der Waals surface area contributed by atoms with E-state index in [1.807, 2.05) is 12.1 Å². The number of aliphatic hydroxyl groups is 1. The van der Waals surface area contributed by atoms with E-state index in [4.69, 9.17) is 10.5 Å². The first-order chi connectivity index (χ1) is 9.96. The summed E-state index contributed by atoms with van der Waals surface area (Å²) in [5.74, 6) is 0.970. The molecule has 3 nitrogen and oxygen atoms in total. The molecule has 1 atom stereocenters. The van der Waals surface area contributed by atoms with Gasteiger partial charge >= 0.3 is 0 Å². The van der Waals surface area contributed by atoms with Gasteiger partial charge in [-0.15, -0.1) is 0 Å². The predicted molar refractivity (Wildman–Crippen MR) is 84.3 cm³/mol. The Balaban J connectivity index is 1.84. The Hall–Kier alpha value is -1.06. The first-order valence-electron chi connectivity index (χ1n) is 8.10. The molecule has 1 aliphatic heterocycles. The average Bonchev–Trinajstić information content (AvgIpc) is 2.94. The van der Waals surface area contributed by atoms with Crippen LogP contribution >= 0.6 is 0 Å². The molecule has 3 rings (SSSR count). The molecular weight excluding hydrogens is 262 g/mol. The van der Waals surface area contributed by atoms with Gasteiger partial charge in [-0.25, -0.2) is 0 Å². The van der Waals surface area contributed by atoms with Gasteiger partial charge in [0.1, 0.15) is 5.75 Å². The Morgan fingerprint density at radius 3 is 2.62 bits per heavy atom. The van der Waals surface area contributed by atoms with Crippen LogP contribution in [-0.4, -0.2) is 18.3 Å². The Labute approximate surface area is 127 Å². The lowest BCUT2D eigenvalue weighted by atomic mass is 9.62. The van der Waals surface area contributed by atoms with E-state index in [0.717, 1.165) is 50.0 Å². The zero-order chi connectivity index (χ0) is 15.1. The summed E-state index contributed by atoms with van der Waals surface area (Å²) in [4.78, 5) is 0. The van der Waals surface area contributed by atoms with Crippen molar-refractivity contribution in [1.82, 2.24) is 0 Å². The molecule has 1 aliphatic carbocycles. The molecule has 0 radical (unpaired) electrons. The first kappa shape index (κ1) is 14.9.